The van der Waals surface area contributed by atoms with Crippen LogP contribution in [0.2, 0.25) is 5.02 Å². The molecule has 5 nitrogen and oxygen atoms in total. The Morgan fingerprint density at radius 3 is 2.42 bits per heavy atom. The first-order valence-electron chi connectivity index (χ1n) is 11.5. The number of halogens is 2. The number of benzene rings is 2. The van der Waals surface area contributed by atoms with Crippen molar-refractivity contribution < 1.29 is 14.3 Å². The Morgan fingerprint density at radius 1 is 1.18 bits per heavy atom. The maximum Gasteiger partial charge on any atom is 0.261 e. The number of aryl methyl sites for hydroxylation is 2. The SMILES string of the molecule is CC[C@@H](C(=O)NC1CCCC1)N(Cc1ccccc1Cl)C(=O)COc1cc(C)c(Br)c(C)c1. The number of rotatable bonds is 9. The van der Waals surface area contributed by atoms with Crippen LogP contribution in [0.5, 0.6) is 5.75 Å². The van der Waals surface area contributed by atoms with Gasteiger partial charge in [0.15, 0.2) is 6.61 Å². The summed E-state index contributed by atoms with van der Waals surface area (Å²) in [5.74, 6) is 0.268. The van der Waals surface area contributed by atoms with Crippen molar-refractivity contribution in [2.45, 2.75) is 71.5 Å². The Labute approximate surface area is 210 Å². The van der Waals surface area contributed by atoms with Crippen molar-refractivity contribution in [1.29, 1.82) is 0 Å². The Kier molecular flexibility index (Phi) is 9.21. The molecule has 0 aliphatic heterocycles. The van der Waals surface area contributed by atoms with Gasteiger partial charge in [-0.2, -0.15) is 0 Å². The molecule has 1 aliphatic rings. The van der Waals surface area contributed by atoms with E-state index in [-0.39, 0.29) is 31.0 Å². The molecule has 1 aliphatic carbocycles. The van der Waals surface area contributed by atoms with Crippen molar-refractivity contribution in [2.75, 3.05) is 6.61 Å². The first kappa shape index (κ1) is 25.6. The number of nitrogens with one attached hydrogen (secondary N) is 1. The predicted molar refractivity (Wildman–Crippen MR) is 136 cm³/mol. The van der Waals surface area contributed by atoms with E-state index in [9.17, 15) is 9.59 Å². The molecule has 0 heterocycles. The second kappa shape index (κ2) is 11.9. The van der Waals surface area contributed by atoms with E-state index in [0.29, 0.717) is 17.2 Å². The average Bonchev–Trinajstić information content (AvgIpc) is 3.29. The Hall–Kier alpha value is -2.05. The first-order valence-corrected chi connectivity index (χ1v) is 12.7. The summed E-state index contributed by atoms with van der Waals surface area (Å²) in [4.78, 5) is 28.1. The van der Waals surface area contributed by atoms with E-state index in [1.807, 2.05) is 51.1 Å². The van der Waals surface area contributed by atoms with Gasteiger partial charge in [-0.05, 0) is 68.0 Å². The lowest BCUT2D eigenvalue weighted by molar-refractivity contribution is -0.143. The zero-order chi connectivity index (χ0) is 24.0. The molecule has 1 saturated carbocycles. The summed E-state index contributed by atoms with van der Waals surface area (Å²) in [6, 6.07) is 10.8. The molecule has 1 N–H and O–H groups in total. The van der Waals surface area contributed by atoms with Crippen LogP contribution >= 0.6 is 27.5 Å². The fourth-order valence-electron chi connectivity index (χ4n) is 4.31. The van der Waals surface area contributed by atoms with Crippen LogP contribution in [-0.2, 0) is 16.1 Å². The van der Waals surface area contributed by atoms with Crippen molar-refractivity contribution in [1.82, 2.24) is 10.2 Å². The van der Waals surface area contributed by atoms with Crippen LogP contribution in [0, 0.1) is 13.8 Å². The lowest BCUT2D eigenvalue weighted by Gasteiger charge is -2.31. The molecule has 0 bridgehead atoms. The molecular formula is C26H32BrClN2O3. The number of hydrogen-bond donors (Lipinski definition) is 1. The van der Waals surface area contributed by atoms with E-state index >= 15 is 0 Å². The number of amides is 2. The molecule has 0 aromatic heterocycles. The van der Waals surface area contributed by atoms with Crippen LogP contribution < -0.4 is 10.1 Å². The number of carbonyl (C=O) groups is 2. The molecule has 33 heavy (non-hydrogen) atoms. The summed E-state index contributed by atoms with van der Waals surface area (Å²) in [5, 5.41) is 3.72. The number of carbonyl (C=O) groups excluding carboxylic acids is 2. The quantitative estimate of drug-likeness (QED) is 0.431. The monoisotopic (exact) mass is 534 g/mol. The molecule has 2 aromatic carbocycles. The zero-order valence-electron chi connectivity index (χ0n) is 19.5. The van der Waals surface area contributed by atoms with E-state index in [1.54, 1.807) is 11.0 Å². The highest BCUT2D eigenvalue weighted by Gasteiger charge is 2.31. The Balaban J connectivity index is 1.79. The van der Waals surface area contributed by atoms with E-state index in [0.717, 1.165) is 46.8 Å². The maximum absolute atomic E-state index is 13.4. The van der Waals surface area contributed by atoms with Gasteiger partial charge in [-0.1, -0.05) is 65.5 Å². The van der Waals surface area contributed by atoms with Gasteiger partial charge in [0, 0.05) is 22.1 Å². The summed E-state index contributed by atoms with van der Waals surface area (Å²) in [7, 11) is 0. The smallest absolute Gasteiger partial charge is 0.261 e. The van der Waals surface area contributed by atoms with Crippen LogP contribution in [0.3, 0.4) is 0 Å². The second-order valence-electron chi connectivity index (χ2n) is 8.69. The summed E-state index contributed by atoms with van der Waals surface area (Å²) >= 11 is 9.94. The average molecular weight is 536 g/mol. The van der Waals surface area contributed by atoms with Gasteiger partial charge in [-0.25, -0.2) is 0 Å². The van der Waals surface area contributed by atoms with Gasteiger partial charge in [0.2, 0.25) is 5.91 Å². The lowest BCUT2D eigenvalue weighted by Crippen LogP contribution is -2.52. The van der Waals surface area contributed by atoms with Crippen LogP contribution in [0.1, 0.15) is 55.7 Å². The molecule has 178 valence electrons. The molecular weight excluding hydrogens is 504 g/mol. The largest absolute Gasteiger partial charge is 0.484 e. The summed E-state index contributed by atoms with van der Waals surface area (Å²) in [6.07, 6.45) is 4.75. The number of nitrogens with zero attached hydrogens (tertiary/aromatic N) is 1. The summed E-state index contributed by atoms with van der Waals surface area (Å²) < 4.78 is 6.89. The molecule has 0 radical (unpaired) electrons. The molecule has 0 spiro atoms. The number of hydrogen-bond acceptors (Lipinski definition) is 3. The Bertz CT molecular complexity index is 968. The zero-order valence-corrected chi connectivity index (χ0v) is 21.8. The molecule has 1 fully saturated rings. The minimum atomic E-state index is -0.591. The van der Waals surface area contributed by atoms with Crippen LogP contribution in [0.25, 0.3) is 0 Å². The fraction of sp³-hybridized carbons (Fsp3) is 0.462. The molecule has 2 aromatic rings. The van der Waals surface area contributed by atoms with Crippen molar-refractivity contribution in [3.8, 4) is 5.75 Å². The molecule has 3 rings (SSSR count). The third kappa shape index (κ3) is 6.73. The minimum absolute atomic E-state index is 0.111. The molecule has 7 heteroatoms. The highest BCUT2D eigenvalue weighted by molar-refractivity contribution is 9.10. The normalized spacial score (nSPS) is 14.7. The van der Waals surface area contributed by atoms with Gasteiger partial charge >= 0.3 is 0 Å². The number of ether oxygens (including phenoxy) is 1. The van der Waals surface area contributed by atoms with Crippen molar-refractivity contribution in [2.24, 2.45) is 0 Å². The van der Waals surface area contributed by atoms with Gasteiger partial charge in [-0.15, -0.1) is 0 Å². The standard InChI is InChI=1S/C26H32BrClN2O3/c1-4-23(26(32)29-20-10-6-7-11-20)30(15-19-9-5-8-12-22(19)28)24(31)16-33-21-13-17(2)25(27)18(3)14-21/h5,8-9,12-14,20,23H,4,6-7,10-11,15-16H2,1-3H3,(H,29,32)/t23-/m0/s1. The van der Waals surface area contributed by atoms with E-state index in [1.165, 1.54) is 0 Å². The topological polar surface area (TPSA) is 58.6 Å². The molecule has 0 saturated heterocycles. The summed E-state index contributed by atoms with van der Waals surface area (Å²) in [6.45, 7) is 5.98. The van der Waals surface area contributed by atoms with E-state index in [4.69, 9.17) is 16.3 Å². The van der Waals surface area contributed by atoms with Crippen LogP contribution in [-0.4, -0.2) is 35.4 Å². The first-order chi connectivity index (χ1) is 15.8. The predicted octanol–water partition coefficient (Wildman–Crippen LogP) is 5.96. The second-order valence-corrected chi connectivity index (χ2v) is 9.89. The molecule has 0 unspecified atom stereocenters. The molecule has 2 amide bonds. The van der Waals surface area contributed by atoms with Crippen molar-refractivity contribution in [3.05, 3.63) is 62.6 Å². The van der Waals surface area contributed by atoms with Crippen molar-refractivity contribution >= 4 is 39.3 Å². The van der Waals surface area contributed by atoms with Gasteiger partial charge < -0.3 is 15.0 Å². The minimum Gasteiger partial charge on any atom is -0.484 e. The van der Waals surface area contributed by atoms with Gasteiger partial charge in [0.05, 0.1) is 0 Å². The lowest BCUT2D eigenvalue weighted by atomic mass is 10.1. The van der Waals surface area contributed by atoms with Crippen molar-refractivity contribution in [3.63, 3.8) is 0 Å². The van der Waals surface area contributed by atoms with Gasteiger partial charge in [0.1, 0.15) is 11.8 Å². The Morgan fingerprint density at radius 2 is 1.82 bits per heavy atom. The van der Waals surface area contributed by atoms with E-state index < -0.39 is 6.04 Å². The molecule has 1 atom stereocenters. The maximum atomic E-state index is 13.4. The third-order valence-electron chi connectivity index (χ3n) is 6.16. The fourth-order valence-corrected chi connectivity index (χ4v) is 4.74. The van der Waals surface area contributed by atoms with Gasteiger partial charge in [0.25, 0.3) is 5.91 Å². The van der Waals surface area contributed by atoms with E-state index in [2.05, 4.69) is 21.2 Å². The van der Waals surface area contributed by atoms with Crippen LogP contribution in [0.15, 0.2) is 40.9 Å². The third-order valence-corrected chi connectivity index (χ3v) is 7.78. The highest BCUT2D eigenvalue weighted by Crippen LogP contribution is 2.27. The summed E-state index contributed by atoms with van der Waals surface area (Å²) in [5.41, 5.74) is 2.87. The van der Waals surface area contributed by atoms with Crippen LogP contribution in [0.4, 0.5) is 0 Å². The highest BCUT2D eigenvalue weighted by atomic mass is 79.9. The van der Waals surface area contributed by atoms with Gasteiger partial charge in [-0.3, -0.25) is 9.59 Å².